The van der Waals surface area contributed by atoms with Gasteiger partial charge in [-0.25, -0.2) is 0 Å². The first-order valence-corrected chi connectivity index (χ1v) is 8.85. The molecule has 4 rings (SSSR count). The molecular formula is C21H27N. The maximum atomic E-state index is 4.23. The highest BCUT2D eigenvalue weighted by atomic mass is 14.6. The maximum Gasteiger partial charge on any atom is 0.0270 e. The summed E-state index contributed by atoms with van der Waals surface area (Å²) in [6.45, 7) is 7.06. The van der Waals surface area contributed by atoms with Crippen LogP contribution in [0.4, 0.5) is 0 Å². The van der Waals surface area contributed by atoms with Crippen LogP contribution in [0.15, 0.2) is 47.8 Å². The van der Waals surface area contributed by atoms with Crippen molar-refractivity contribution in [1.29, 1.82) is 0 Å². The molecule has 2 saturated carbocycles. The van der Waals surface area contributed by atoms with E-state index >= 15 is 0 Å². The van der Waals surface area contributed by atoms with E-state index in [4.69, 9.17) is 0 Å². The minimum absolute atomic E-state index is 0.331. The summed E-state index contributed by atoms with van der Waals surface area (Å²) in [6.07, 6.45) is 14.6. The van der Waals surface area contributed by atoms with Crippen molar-refractivity contribution >= 4 is 0 Å². The van der Waals surface area contributed by atoms with Crippen LogP contribution in [0.5, 0.6) is 0 Å². The highest BCUT2D eigenvalue weighted by molar-refractivity contribution is 5.36. The van der Waals surface area contributed by atoms with Crippen LogP contribution >= 0.6 is 0 Å². The number of hydrogen-bond acceptors (Lipinski definition) is 1. The summed E-state index contributed by atoms with van der Waals surface area (Å²) in [5.74, 6) is 3.36. The number of hydrogen-bond donors (Lipinski definition) is 0. The molecule has 0 radical (unpaired) electrons. The summed E-state index contributed by atoms with van der Waals surface area (Å²) in [7, 11) is 0. The molecule has 1 aromatic heterocycles. The van der Waals surface area contributed by atoms with Crippen molar-refractivity contribution in [3.05, 3.63) is 53.4 Å². The van der Waals surface area contributed by atoms with Crippen molar-refractivity contribution in [1.82, 2.24) is 4.98 Å². The van der Waals surface area contributed by atoms with Gasteiger partial charge in [-0.15, -0.1) is 0 Å². The van der Waals surface area contributed by atoms with E-state index in [2.05, 4.69) is 50.0 Å². The fourth-order valence-electron chi connectivity index (χ4n) is 5.74. The molecule has 0 aliphatic heterocycles. The molecule has 0 amide bonds. The Labute approximate surface area is 134 Å². The zero-order chi connectivity index (χ0) is 15.3. The fraction of sp³-hybridized carbons (Fsp3) is 0.571. The van der Waals surface area contributed by atoms with E-state index in [-0.39, 0.29) is 0 Å². The molecule has 1 heterocycles. The quantitative estimate of drug-likeness (QED) is 0.700. The second-order valence-corrected chi connectivity index (χ2v) is 8.09. The van der Waals surface area contributed by atoms with Gasteiger partial charge in [-0.05, 0) is 86.3 Å². The first-order valence-electron chi connectivity index (χ1n) is 8.85. The van der Waals surface area contributed by atoms with E-state index in [1.54, 1.807) is 0 Å². The zero-order valence-corrected chi connectivity index (χ0v) is 14.0. The number of aromatic nitrogens is 1. The maximum absolute atomic E-state index is 4.23. The molecule has 0 spiro atoms. The van der Waals surface area contributed by atoms with Crippen molar-refractivity contribution < 1.29 is 0 Å². The summed E-state index contributed by atoms with van der Waals surface area (Å²) in [5, 5.41) is 0. The number of pyridine rings is 1. The van der Waals surface area contributed by atoms with Gasteiger partial charge in [0.1, 0.15) is 0 Å². The minimum atomic E-state index is 0.331. The molecule has 2 fully saturated rings. The number of nitrogens with zero attached hydrogens (tertiary/aromatic N) is 1. The van der Waals surface area contributed by atoms with Gasteiger partial charge in [0, 0.05) is 12.4 Å². The van der Waals surface area contributed by atoms with Crippen LogP contribution in [0.2, 0.25) is 0 Å². The van der Waals surface area contributed by atoms with Gasteiger partial charge in [-0.3, -0.25) is 4.98 Å². The van der Waals surface area contributed by atoms with Crippen molar-refractivity contribution in [2.45, 2.75) is 52.4 Å². The lowest BCUT2D eigenvalue weighted by Crippen LogP contribution is -2.36. The van der Waals surface area contributed by atoms with Crippen LogP contribution in [0.25, 0.3) is 0 Å². The predicted molar refractivity (Wildman–Crippen MR) is 91.5 cm³/mol. The third-order valence-electron chi connectivity index (χ3n) is 6.79. The Balaban J connectivity index is 1.73. The van der Waals surface area contributed by atoms with Crippen molar-refractivity contribution in [3.8, 4) is 0 Å². The summed E-state index contributed by atoms with van der Waals surface area (Å²) >= 11 is 0. The molecule has 5 unspecified atom stereocenters. The molecule has 1 heteroatoms. The summed E-state index contributed by atoms with van der Waals surface area (Å²) in [6, 6.07) is 4.53. The van der Waals surface area contributed by atoms with Gasteiger partial charge in [0.2, 0.25) is 0 Å². The van der Waals surface area contributed by atoms with Crippen LogP contribution in [-0.2, 0) is 0 Å². The van der Waals surface area contributed by atoms with E-state index in [0.717, 1.165) is 23.7 Å². The number of allylic oxidation sites excluding steroid dienone is 4. The molecule has 22 heavy (non-hydrogen) atoms. The van der Waals surface area contributed by atoms with E-state index in [1.165, 1.54) is 42.4 Å². The van der Waals surface area contributed by atoms with Crippen molar-refractivity contribution in [2.24, 2.45) is 23.2 Å². The highest BCUT2D eigenvalue weighted by Crippen LogP contribution is 2.63. The Bertz CT molecular complexity index is 627. The van der Waals surface area contributed by atoms with Crippen LogP contribution in [-0.4, -0.2) is 4.98 Å². The lowest BCUT2D eigenvalue weighted by Gasteiger charge is -2.44. The Morgan fingerprint density at radius 1 is 1.05 bits per heavy atom. The summed E-state index contributed by atoms with van der Waals surface area (Å²) in [4.78, 5) is 4.23. The Hall–Kier alpha value is -1.37. The molecule has 1 aromatic rings. The van der Waals surface area contributed by atoms with E-state index < -0.39 is 0 Å². The zero-order valence-electron chi connectivity index (χ0n) is 14.0. The lowest BCUT2D eigenvalue weighted by atomic mass is 9.60. The van der Waals surface area contributed by atoms with Crippen molar-refractivity contribution in [2.75, 3.05) is 0 Å². The SMILES string of the molecule is CC1=CCC(C)(C2C3CCC(C3)C2c2ccncc2)C=C1C. The summed E-state index contributed by atoms with van der Waals surface area (Å²) in [5.41, 5.74) is 4.83. The van der Waals surface area contributed by atoms with Gasteiger partial charge in [0.25, 0.3) is 0 Å². The van der Waals surface area contributed by atoms with Crippen molar-refractivity contribution in [3.63, 3.8) is 0 Å². The first kappa shape index (κ1) is 14.2. The van der Waals surface area contributed by atoms with Crippen LogP contribution in [0, 0.1) is 23.2 Å². The summed E-state index contributed by atoms with van der Waals surface area (Å²) < 4.78 is 0. The molecular weight excluding hydrogens is 266 g/mol. The molecule has 3 aliphatic rings. The van der Waals surface area contributed by atoms with Gasteiger partial charge >= 0.3 is 0 Å². The monoisotopic (exact) mass is 293 g/mol. The second kappa shape index (κ2) is 5.08. The molecule has 3 aliphatic carbocycles. The molecule has 0 saturated heterocycles. The standard InChI is InChI=1S/C21H27N/c1-14-6-9-21(3,13-15(14)2)20-18-5-4-17(12-18)19(20)16-7-10-22-11-8-16/h6-8,10-11,13,17-20H,4-5,9,12H2,1-3H3. The van der Waals surface area contributed by atoms with Crippen LogP contribution in [0.1, 0.15) is 57.9 Å². The molecule has 5 atom stereocenters. The molecule has 2 bridgehead atoms. The number of fused-ring (bicyclic) bond motifs is 2. The first-order chi connectivity index (χ1) is 10.6. The predicted octanol–water partition coefficient (Wildman–Crippen LogP) is 5.51. The second-order valence-electron chi connectivity index (χ2n) is 8.09. The average molecular weight is 293 g/mol. The molecule has 1 nitrogen and oxygen atoms in total. The van der Waals surface area contributed by atoms with E-state index in [9.17, 15) is 0 Å². The third kappa shape index (κ3) is 2.09. The highest BCUT2D eigenvalue weighted by Gasteiger charge is 2.54. The Morgan fingerprint density at radius 2 is 1.77 bits per heavy atom. The number of rotatable bonds is 2. The van der Waals surface area contributed by atoms with Crippen LogP contribution < -0.4 is 0 Å². The largest absolute Gasteiger partial charge is 0.265 e. The molecule has 0 N–H and O–H groups in total. The van der Waals surface area contributed by atoms with Gasteiger partial charge < -0.3 is 0 Å². The smallest absolute Gasteiger partial charge is 0.0270 e. The van der Waals surface area contributed by atoms with E-state index in [1.807, 2.05) is 12.4 Å². The fourth-order valence-corrected chi connectivity index (χ4v) is 5.74. The third-order valence-corrected chi connectivity index (χ3v) is 6.79. The topological polar surface area (TPSA) is 12.9 Å². The van der Waals surface area contributed by atoms with E-state index in [0.29, 0.717) is 5.41 Å². The van der Waals surface area contributed by atoms with Gasteiger partial charge in [0.15, 0.2) is 0 Å². The lowest BCUT2D eigenvalue weighted by molar-refractivity contribution is 0.144. The minimum Gasteiger partial charge on any atom is -0.265 e. The molecule has 116 valence electrons. The average Bonchev–Trinajstić information content (AvgIpc) is 3.13. The van der Waals surface area contributed by atoms with Gasteiger partial charge in [-0.2, -0.15) is 0 Å². The van der Waals surface area contributed by atoms with Gasteiger partial charge in [0.05, 0.1) is 0 Å². The molecule has 0 aromatic carbocycles. The van der Waals surface area contributed by atoms with Gasteiger partial charge in [-0.1, -0.05) is 30.2 Å². The Kier molecular flexibility index (Phi) is 3.29. The Morgan fingerprint density at radius 3 is 2.50 bits per heavy atom. The normalized spacial score (nSPS) is 40.5. The van der Waals surface area contributed by atoms with Crippen LogP contribution in [0.3, 0.4) is 0 Å².